The second-order valence-electron chi connectivity index (χ2n) is 6.55. The first-order valence-corrected chi connectivity index (χ1v) is 9.89. The number of fused-ring (bicyclic) bond motifs is 2. The van der Waals surface area contributed by atoms with Crippen LogP contribution in [0, 0.1) is 13.8 Å². The molecule has 0 fully saturated rings. The highest BCUT2D eigenvalue weighted by molar-refractivity contribution is 7.89. The molecule has 0 bridgehead atoms. The standard InChI is InChI=1S/C21H19NO3S/c1-14-7-10-16(11-8-14)26(23,24)22-21-17-5-3-4-6-19(17)25-20-12-9-15(2)13-18(20)21/h3-13,21-22H,1-2H3. The zero-order valence-corrected chi connectivity index (χ0v) is 15.4. The van der Waals surface area contributed by atoms with Crippen LogP contribution in [-0.2, 0) is 10.0 Å². The van der Waals surface area contributed by atoms with Crippen molar-refractivity contribution in [3.05, 3.63) is 89.0 Å². The summed E-state index contributed by atoms with van der Waals surface area (Å²) < 4.78 is 34.8. The first-order valence-electron chi connectivity index (χ1n) is 8.40. The Balaban J connectivity index is 1.81. The normalized spacial score (nSPS) is 15.7. The topological polar surface area (TPSA) is 55.4 Å². The first kappa shape index (κ1) is 16.8. The largest absolute Gasteiger partial charge is 0.457 e. The quantitative estimate of drug-likeness (QED) is 0.745. The van der Waals surface area contributed by atoms with Crippen LogP contribution in [0.4, 0.5) is 0 Å². The minimum Gasteiger partial charge on any atom is -0.457 e. The molecule has 4 nitrogen and oxygen atoms in total. The lowest BCUT2D eigenvalue weighted by Crippen LogP contribution is -2.31. The number of rotatable bonds is 3. The molecule has 1 unspecified atom stereocenters. The van der Waals surface area contributed by atoms with Gasteiger partial charge < -0.3 is 4.74 Å². The van der Waals surface area contributed by atoms with Crippen LogP contribution in [0.3, 0.4) is 0 Å². The second kappa shape index (κ2) is 6.27. The molecule has 132 valence electrons. The number of sulfonamides is 1. The van der Waals surface area contributed by atoms with E-state index in [-0.39, 0.29) is 4.90 Å². The van der Waals surface area contributed by atoms with Gasteiger partial charge in [-0.1, -0.05) is 53.6 Å². The van der Waals surface area contributed by atoms with E-state index in [1.165, 1.54) is 0 Å². The molecule has 3 aromatic carbocycles. The highest BCUT2D eigenvalue weighted by Crippen LogP contribution is 2.43. The van der Waals surface area contributed by atoms with Crippen LogP contribution in [0.25, 0.3) is 0 Å². The van der Waals surface area contributed by atoms with Gasteiger partial charge in [0.05, 0.1) is 10.9 Å². The maximum absolute atomic E-state index is 13.0. The smallest absolute Gasteiger partial charge is 0.241 e. The number of ether oxygens (including phenoxy) is 1. The third kappa shape index (κ3) is 3.00. The lowest BCUT2D eigenvalue weighted by Gasteiger charge is -2.29. The van der Waals surface area contributed by atoms with E-state index in [2.05, 4.69) is 4.72 Å². The molecular formula is C21H19NO3S. The van der Waals surface area contributed by atoms with Crippen molar-refractivity contribution in [3.63, 3.8) is 0 Å². The van der Waals surface area contributed by atoms with Gasteiger partial charge in [-0.25, -0.2) is 8.42 Å². The van der Waals surface area contributed by atoms with Crippen LogP contribution in [0.5, 0.6) is 11.5 Å². The third-order valence-electron chi connectivity index (χ3n) is 4.53. The fourth-order valence-corrected chi connectivity index (χ4v) is 4.35. The number of para-hydroxylation sites is 1. The van der Waals surface area contributed by atoms with Crippen molar-refractivity contribution in [2.75, 3.05) is 0 Å². The number of hydrogen-bond acceptors (Lipinski definition) is 3. The Hall–Kier alpha value is -2.63. The summed E-state index contributed by atoms with van der Waals surface area (Å²) in [4.78, 5) is 0.251. The zero-order chi connectivity index (χ0) is 18.3. The Kier molecular flexibility index (Phi) is 4.05. The summed E-state index contributed by atoms with van der Waals surface area (Å²) in [7, 11) is -3.68. The molecule has 0 aromatic heterocycles. The van der Waals surface area contributed by atoms with Crippen molar-refractivity contribution in [2.24, 2.45) is 0 Å². The molecule has 3 aromatic rings. The number of benzene rings is 3. The van der Waals surface area contributed by atoms with Gasteiger partial charge in [0.15, 0.2) is 0 Å². The highest BCUT2D eigenvalue weighted by Gasteiger charge is 2.31. The molecule has 0 aliphatic carbocycles. The Bertz CT molecular complexity index is 1070. The van der Waals surface area contributed by atoms with Crippen LogP contribution >= 0.6 is 0 Å². The number of nitrogens with one attached hydrogen (secondary N) is 1. The highest BCUT2D eigenvalue weighted by atomic mass is 32.2. The van der Waals surface area contributed by atoms with Gasteiger partial charge in [0.25, 0.3) is 0 Å². The van der Waals surface area contributed by atoms with Crippen molar-refractivity contribution < 1.29 is 13.2 Å². The van der Waals surface area contributed by atoms with Crippen molar-refractivity contribution >= 4 is 10.0 Å². The molecule has 0 radical (unpaired) electrons. The summed E-state index contributed by atoms with van der Waals surface area (Å²) in [5, 5.41) is 0. The van der Waals surface area contributed by atoms with Gasteiger partial charge in [-0.15, -0.1) is 0 Å². The Morgan fingerprint density at radius 1 is 0.808 bits per heavy atom. The maximum Gasteiger partial charge on any atom is 0.241 e. The lowest BCUT2D eigenvalue weighted by molar-refractivity contribution is 0.440. The Labute approximate surface area is 153 Å². The van der Waals surface area contributed by atoms with E-state index in [0.717, 1.165) is 22.3 Å². The zero-order valence-electron chi connectivity index (χ0n) is 14.6. The molecule has 0 amide bonds. The molecule has 0 saturated carbocycles. The molecule has 1 aliphatic heterocycles. The SMILES string of the molecule is Cc1ccc(S(=O)(=O)NC2c3ccccc3Oc3ccc(C)cc32)cc1. The van der Waals surface area contributed by atoms with Crippen molar-refractivity contribution in [2.45, 2.75) is 24.8 Å². The van der Waals surface area contributed by atoms with Gasteiger partial charge in [-0.2, -0.15) is 4.72 Å². The van der Waals surface area contributed by atoms with E-state index in [1.54, 1.807) is 24.3 Å². The molecule has 1 N–H and O–H groups in total. The van der Waals surface area contributed by atoms with E-state index in [4.69, 9.17) is 4.74 Å². The van der Waals surface area contributed by atoms with Crippen molar-refractivity contribution in [1.82, 2.24) is 4.72 Å². The van der Waals surface area contributed by atoms with Gasteiger partial charge in [0.2, 0.25) is 10.0 Å². The van der Waals surface area contributed by atoms with E-state index < -0.39 is 16.1 Å². The fourth-order valence-electron chi connectivity index (χ4n) is 3.15. The Morgan fingerprint density at radius 2 is 1.46 bits per heavy atom. The monoisotopic (exact) mass is 365 g/mol. The molecule has 1 heterocycles. The van der Waals surface area contributed by atoms with E-state index in [0.29, 0.717) is 11.5 Å². The van der Waals surface area contributed by atoms with Gasteiger partial charge in [-0.05, 0) is 38.1 Å². The maximum atomic E-state index is 13.0. The predicted octanol–water partition coefficient (Wildman–Crippen LogP) is 4.48. The summed E-state index contributed by atoms with van der Waals surface area (Å²) >= 11 is 0. The predicted molar refractivity (Wildman–Crippen MR) is 101 cm³/mol. The minimum absolute atomic E-state index is 0.251. The summed E-state index contributed by atoms with van der Waals surface area (Å²) in [6.07, 6.45) is 0. The number of hydrogen-bond donors (Lipinski definition) is 1. The Morgan fingerprint density at radius 3 is 2.23 bits per heavy atom. The van der Waals surface area contributed by atoms with Gasteiger partial charge in [0, 0.05) is 11.1 Å². The summed E-state index contributed by atoms with van der Waals surface area (Å²) in [6.45, 7) is 3.91. The molecule has 5 heteroatoms. The van der Waals surface area contributed by atoms with Crippen molar-refractivity contribution in [1.29, 1.82) is 0 Å². The van der Waals surface area contributed by atoms with Gasteiger partial charge in [-0.3, -0.25) is 0 Å². The molecular weight excluding hydrogens is 346 g/mol. The minimum atomic E-state index is -3.68. The molecule has 0 spiro atoms. The van der Waals surface area contributed by atoms with E-state index in [9.17, 15) is 8.42 Å². The molecule has 0 saturated heterocycles. The van der Waals surface area contributed by atoms with Gasteiger partial charge in [0.1, 0.15) is 11.5 Å². The average molecular weight is 365 g/mol. The van der Waals surface area contributed by atoms with Crippen LogP contribution in [0.15, 0.2) is 71.6 Å². The summed E-state index contributed by atoms with van der Waals surface area (Å²) in [5.74, 6) is 1.34. The van der Waals surface area contributed by atoms with Crippen LogP contribution in [-0.4, -0.2) is 8.42 Å². The van der Waals surface area contributed by atoms with Crippen LogP contribution in [0.2, 0.25) is 0 Å². The summed E-state index contributed by atoms with van der Waals surface area (Å²) in [6, 6.07) is 19.7. The lowest BCUT2D eigenvalue weighted by atomic mass is 9.94. The van der Waals surface area contributed by atoms with Crippen molar-refractivity contribution in [3.8, 4) is 11.5 Å². The molecule has 26 heavy (non-hydrogen) atoms. The fraction of sp³-hybridized carbons (Fsp3) is 0.143. The third-order valence-corrected chi connectivity index (χ3v) is 5.97. The van der Waals surface area contributed by atoms with Gasteiger partial charge >= 0.3 is 0 Å². The van der Waals surface area contributed by atoms with E-state index >= 15 is 0 Å². The summed E-state index contributed by atoms with van der Waals surface area (Å²) in [5.41, 5.74) is 3.69. The van der Waals surface area contributed by atoms with Crippen LogP contribution in [0.1, 0.15) is 28.3 Å². The molecule has 4 rings (SSSR count). The first-order chi connectivity index (χ1) is 12.4. The van der Waals surface area contributed by atoms with E-state index in [1.807, 2.05) is 56.3 Å². The molecule has 1 aliphatic rings. The number of aryl methyl sites for hydroxylation is 2. The average Bonchev–Trinajstić information content (AvgIpc) is 2.62. The molecule has 1 atom stereocenters. The van der Waals surface area contributed by atoms with Crippen LogP contribution < -0.4 is 9.46 Å². The second-order valence-corrected chi connectivity index (χ2v) is 8.26.